The predicted molar refractivity (Wildman–Crippen MR) is 39.6 cm³/mol. The van der Waals surface area contributed by atoms with Crippen LogP contribution in [0.15, 0.2) is 0 Å². The van der Waals surface area contributed by atoms with Crippen LogP contribution >= 0.6 is 0 Å². The highest BCUT2D eigenvalue weighted by Crippen LogP contribution is 2.27. The maximum Gasteiger partial charge on any atom is 0.186 e. The van der Waals surface area contributed by atoms with Gasteiger partial charge in [-0.05, 0) is 0 Å². The minimum Gasteiger partial charge on any atom is -0.393 e. The molecule has 72 valence electrons. The summed E-state index contributed by atoms with van der Waals surface area (Å²) in [5.41, 5.74) is -1.03. The summed E-state index contributed by atoms with van der Waals surface area (Å²) in [5.74, 6) is 0. The average Bonchev–Trinajstić information content (AvgIpc) is 2.43. The van der Waals surface area contributed by atoms with Gasteiger partial charge in [-0.2, -0.15) is 0 Å². The van der Waals surface area contributed by atoms with Crippen molar-refractivity contribution in [3.63, 3.8) is 0 Å². The molecule has 1 heterocycles. The molecule has 12 heavy (non-hydrogen) atoms. The molecule has 1 aliphatic rings. The number of methoxy groups -OCH3 is 2. The summed E-state index contributed by atoms with van der Waals surface area (Å²) in [5, 5.41) is 18.5. The number of rotatable bonds is 3. The zero-order chi connectivity index (χ0) is 9.19. The van der Waals surface area contributed by atoms with Crippen molar-refractivity contribution < 1.29 is 24.4 Å². The number of aliphatic hydroxyl groups is 2. The molecule has 0 aromatic heterocycles. The van der Waals surface area contributed by atoms with E-state index in [-0.39, 0.29) is 13.2 Å². The van der Waals surface area contributed by atoms with Gasteiger partial charge in [-0.25, -0.2) is 0 Å². The molecule has 0 aliphatic carbocycles. The summed E-state index contributed by atoms with van der Waals surface area (Å²) in [6.07, 6.45) is -1.66. The summed E-state index contributed by atoms with van der Waals surface area (Å²) in [6, 6.07) is 0. The minimum atomic E-state index is -1.03. The maximum absolute atomic E-state index is 9.56. The van der Waals surface area contributed by atoms with E-state index in [1.54, 1.807) is 0 Å². The molecule has 1 fully saturated rings. The average molecular weight is 178 g/mol. The van der Waals surface area contributed by atoms with Crippen LogP contribution in [0.1, 0.15) is 0 Å². The molecule has 0 saturated carbocycles. The van der Waals surface area contributed by atoms with Crippen LogP contribution in [0.3, 0.4) is 0 Å². The highest BCUT2D eigenvalue weighted by Gasteiger charge is 2.49. The zero-order valence-corrected chi connectivity index (χ0v) is 7.19. The van der Waals surface area contributed by atoms with Gasteiger partial charge in [0.15, 0.2) is 6.29 Å². The van der Waals surface area contributed by atoms with Gasteiger partial charge >= 0.3 is 0 Å². The highest BCUT2D eigenvalue weighted by atomic mass is 16.7. The zero-order valence-electron chi connectivity index (χ0n) is 7.19. The molecular weight excluding hydrogens is 164 g/mol. The second kappa shape index (κ2) is 3.68. The van der Waals surface area contributed by atoms with Crippen molar-refractivity contribution >= 4 is 0 Å². The quantitative estimate of drug-likeness (QED) is 0.564. The third-order valence-corrected chi connectivity index (χ3v) is 2.20. The van der Waals surface area contributed by atoms with Crippen LogP contribution in [0.4, 0.5) is 0 Å². The fourth-order valence-electron chi connectivity index (χ4n) is 1.23. The predicted octanol–water partition coefficient (Wildman–Crippen LogP) is -1.27. The summed E-state index contributed by atoms with van der Waals surface area (Å²) < 4.78 is 14.9. The second-order valence-corrected chi connectivity index (χ2v) is 2.79. The van der Waals surface area contributed by atoms with Crippen LogP contribution in [-0.4, -0.2) is 55.6 Å². The first-order valence-corrected chi connectivity index (χ1v) is 3.68. The van der Waals surface area contributed by atoms with Gasteiger partial charge in [0.05, 0.1) is 13.2 Å². The van der Waals surface area contributed by atoms with Crippen LogP contribution < -0.4 is 0 Å². The molecule has 3 unspecified atom stereocenters. The smallest absolute Gasteiger partial charge is 0.186 e. The van der Waals surface area contributed by atoms with Gasteiger partial charge < -0.3 is 24.4 Å². The topological polar surface area (TPSA) is 68.2 Å². The van der Waals surface area contributed by atoms with Crippen molar-refractivity contribution in [2.75, 3.05) is 27.4 Å². The van der Waals surface area contributed by atoms with E-state index >= 15 is 0 Å². The van der Waals surface area contributed by atoms with Gasteiger partial charge in [0.25, 0.3) is 0 Å². The van der Waals surface area contributed by atoms with Crippen LogP contribution in [0.25, 0.3) is 0 Å². The molecule has 5 heteroatoms. The second-order valence-electron chi connectivity index (χ2n) is 2.79. The van der Waals surface area contributed by atoms with E-state index in [1.807, 2.05) is 0 Å². The lowest BCUT2D eigenvalue weighted by Crippen LogP contribution is -2.49. The highest BCUT2D eigenvalue weighted by molar-refractivity contribution is 4.94. The van der Waals surface area contributed by atoms with E-state index in [0.717, 1.165) is 0 Å². The van der Waals surface area contributed by atoms with Crippen LogP contribution in [0, 0.1) is 0 Å². The van der Waals surface area contributed by atoms with E-state index < -0.39 is 18.0 Å². The first-order valence-electron chi connectivity index (χ1n) is 3.68. The lowest BCUT2D eigenvalue weighted by atomic mass is 10.0. The lowest BCUT2D eigenvalue weighted by Gasteiger charge is -2.27. The SMILES string of the molecule is COC1OCC(CO)(OC)C1O. The van der Waals surface area contributed by atoms with Crippen molar-refractivity contribution in [2.24, 2.45) is 0 Å². The molecular formula is C7H14O5. The summed E-state index contributed by atoms with van der Waals surface area (Å²) in [7, 11) is 2.85. The van der Waals surface area contributed by atoms with Gasteiger partial charge in [-0.3, -0.25) is 0 Å². The number of aliphatic hydroxyl groups excluding tert-OH is 2. The minimum absolute atomic E-state index is 0.139. The van der Waals surface area contributed by atoms with E-state index in [1.165, 1.54) is 14.2 Å². The van der Waals surface area contributed by atoms with Crippen molar-refractivity contribution in [1.82, 2.24) is 0 Å². The molecule has 1 rings (SSSR count). The van der Waals surface area contributed by atoms with Gasteiger partial charge in [-0.1, -0.05) is 0 Å². The first kappa shape index (κ1) is 9.88. The summed E-state index contributed by atoms with van der Waals surface area (Å²) in [4.78, 5) is 0. The third-order valence-electron chi connectivity index (χ3n) is 2.20. The maximum atomic E-state index is 9.56. The van der Waals surface area contributed by atoms with Gasteiger partial charge in [0.2, 0.25) is 0 Å². The molecule has 0 aromatic carbocycles. The van der Waals surface area contributed by atoms with Crippen LogP contribution in [-0.2, 0) is 14.2 Å². The van der Waals surface area contributed by atoms with E-state index in [2.05, 4.69) is 0 Å². The number of hydrogen-bond acceptors (Lipinski definition) is 5. The molecule has 0 spiro atoms. The largest absolute Gasteiger partial charge is 0.393 e. The molecule has 3 atom stereocenters. The fourth-order valence-corrected chi connectivity index (χ4v) is 1.23. The van der Waals surface area contributed by atoms with Gasteiger partial charge in [0, 0.05) is 14.2 Å². The molecule has 0 amide bonds. The Morgan fingerprint density at radius 2 is 2.25 bits per heavy atom. The van der Waals surface area contributed by atoms with Crippen molar-refractivity contribution in [3.05, 3.63) is 0 Å². The van der Waals surface area contributed by atoms with Gasteiger partial charge in [-0.15, -0.1) is 0 Å². The standard InChI is InChI=1S/C7H14O5/c1-10-6-5(9)7(3-8,11-2)4-12-6/h5-6,8-9H,3-4H2,1-2H3. The van der Waals surface area contributed by atoms with Crippen molar-refractivity contribution in [2.45, 2.75) is 18.0 Å². The number of hydrogen-bond donors (Lipinski definition) is 2. The van der Waals surface area contributed by atoms with E-state index in [9.17, 15) is 5.11 Å². The Balaban J connectivity index is 2.68. The Labute approximate surface area is 70.9 Å². The molecule has 0 aromatic rings. The van der Waals surface area contributed by atoms with Crippen LogP contribution in [0.2, 0.25) is 0 Å². The van der Waals surface area contributed by atoms with Crippen molar-refractivity contribution in [1.29, 1.82) is 0 Å². The monoisotopic (exact) mass is 178 g/mol. The molecule has 1 aliphatic heterocycles. The molecule has 0 radical (unpaired) electrons. The molecule has 0 bridgehead atoms. The summed E-state index contributed by atoms with van der Waals surface area (Å²) in [6.45, 7) is -0.149. The Morgan fingerprint density at radius 1 is 1.58 bits per heavy atom. The Morgan fingerprint density at radius 3 is 2.50 bits per heavy atom. The van der Waals surface area contributed by atoms with E-state index in [0.29, 0.717) is 0 Å². The van der Waals surface area contributed by atoms with E-state index in [4.69, 9.17) is 19.3 Å². The summed E-state index contributed by atoms with van der Waals surface area (Å²) >= 11 is 0. The molecule has 1 saturated heterocycles. The fraction of sp³-hybridized carbons (Fsp3) is 1.00. The lowest BCUT2D eigenvalue weighted by molar-refractivity contribution is -0.152. The number of ether oxygens (including phenoxy) is 3. The van der Waals surface area contributed by atoms with Gasteiger partial charge in [0.1, 0.15) is 11.7 Å². The third kappa shape index (κ3) is 1.34. The molecule has 5 nitrogen and oxygen atoms in total. The Kier molecular flexibility index (Phi) is 3.03. The molecule has 2 N–H and O–H groups in total. The normalized spacial score (nSPS) is 42.0. The van der Waals surface area contributed by atoms with Crippen LogP contribution in [0.5, 0.6) is 0 Å². The first-order chi connectivity index (χ1) is 5.70. The van der Waals surface area contributed by atoms with Crippen molar-refractivity contribution in [3.8, 4) is 0 Å². The Bertz CT molecular complexity index is 145. The Hall–Kier alpha value is -0.200.